The highest BCUT2D eigenvalue weighted by Gasteiger charge is 2.16. The quantitative estimate of drug-likeness (QED) is 0.633. The predicted molar refractivity (Wildman–Crippen MR) is 81.0 cm³/mol. The van der Waals surface area contributed by atoms with E-state index in [4.69, 9.17) is 0 Å². The molecule has 1 aliphatic heterocycles. The number of nitrogens with zero attached hydrogens (tertiary/aromatic N) is 1. The van der Waals surface area contributed by atoms with E-state index in [0.717, 1.165) is 11.8 Å². The summed E-state index contributed by atoms with van der Waals surface area (Å²) in [7, 11) is 0. The topological polar surface area (TPSA) is 15.3 Å². The third-order valence-electron chi connectivity index (χ3n) is 4.16. The van der Waals surface area contributed by atoms with Crippen LogP contribution in [0.15, 0.2) is 0 Å². The number of unbranched alkanes of at least 4 members (excludes halogenated alkanes) is 2. The van der Waals surface area contributed by atoms with Crippen LogP contribution in [0.1, 0.15) is 59.3 Å². The SMILES string of the molecule is CCC1CCN(CCCCCNCC(C)C)CC1. The molecule has 0 aromatic rings. The summed E-state index contributed by atoms with van der Waals surface area (Å²) in [4.78, 5) is 2.67. The Morgan fingerprint density at radius 3 is 2.44 bits per heavy atom. The first-order valence-corrected chi connectivity index (χ1v) is 8.15. The average molecular weight is 254 g/mol. The van der Waals surface area contributed by atoms with Crippen LogP contribution in [0.3, 0.4) is 0 Å². The second-order valence-electron chi connectivity index (χ2n) is 6.35. The van der Waals surface area contributed by atoms with Crippen LogP contribution in [-0.2, 0) is 0 Å². The Bertz CT molecular complexity index is 184. The summed E-state index contributed by atoms with van der Waals surface area (Å²) in [6.07, 6.45) is 8.38. The van der Waals surface area contributed by atoms with E-state index in [1.54, 1.807) is 0 Å². The van der Waals surface area contributed by atoms with Crippen LogP contribution >= 0.6 is 0 Å². The minimum absolute atomic E-state index is 0.782. The predicted octanol–water partition coefficient (Wildman–Crippen LogP) is 3.52. The van der Waals surface area contributed by atoms with E-state index in [1.807, 2.05) is 0 Å². The molecule has 0 aromatic carbocycles. The molecule has 1 saturated heterocycles. The molecule has 0 atom stereocenters. The summed E-state index contributed by atoms with van der Waals surface area (Å²) in [6, 6.07) is 0. The van der Waals surface area contributed by atoms with Gasteiger partial charge >= 0.3 is 0 Å². The Balaban J connectivity index is 1.86. The van der Waals surface area contributed by atoms with Crippen LogP contribution in [0.25, 0.3) is 0 Å². The van der Waals surface area contributed by atoms with Crippen LogP contribution in [0.4, 0.5) is 0 Å². The van der Waals surface area contributed by atoms with Gasteiger partial charge in [0, 0.05) is 0 Å². The molecule has 0 spiro atoms. The van der Waals surface area contributed by atoms with Crippen LogP contribution in [0.5, 0.6) is 0 Å². The molecule has 0 radical (unpaired) electrons. The Labute approximate surface area is 115 Å². The van der Waals surface area contributed by atoms with Gasteiger partial charge in [-0.15, -0.1) is 0 Å². The molecule has 108 valence electrons. The highest BCUT2D eigenvalue weighted by Crippen LogP contribution is 2.19. The molecular weight excluding hydrogens is 220 g/mol. The highest BCUT2D eigenvalue weighted by atomic mass is 15.1. The maximum atomic E-state index is 3.52. The number of piperidine rings is 1. The maximum Gasteiger partial charge on any atom is -0.00161 e. The zero-order valence-corrected chi connectivity index (χ0v) is 12.9. The van der Waals surface area contributed by atoms with E-state index in [2.05, 4.69) is 31.0 Å². The van der Waals surface area contributed by atoms with Gasteiger partial charge in [-0.05, 0) is 70.2 Å². The van der Waals surface area contributed by atoms with E-state index in [0.29, 0.717) is 0 Å². The molecule has 0 bridgehead atoms. The molecule has 0 aliphatic carbocycles. The van der Waals surface area contributed by atoms with Gasteiger partial charge < -0.3 is 10.2 Å². The molecular formula is C16H34N2. The van der Waals surface area contributed by atoms with Gasteiger partial charge in [-0.25, -0.2) is 0 Å². The minimum atomic E-state index is 0.782. The number of hydrogen-bond donors (Lipinski definition) is 1. The van der Waals surface area contributed by atoms with Gasteiger partial charge in [0.05, 0.1) is 0 Å². The summed E-state index contributed by atoms with van der Waals surface area (Å²) in [6.45, 7) is 13.3. The summed E-state index contributed by atoms with van der Waals surface area (Å²) in [5.41, 5.74) is 0. The number of nitrogens with one attached hydrogen (secondary N) is 1. The van der Waals surface area contributed by atoms with Gasteiger partial charge in [0.2, 0.25) is 0 Å². The van der Waals surface area contributed by atoms with E-state index >= 15 is 0 Å². The third kappa shape index (κ3) is 7.38. The number of rotatable bonds is 9. The molecule has 1 rings (SSSR count). The second-order valence-corrected chi connectivity index (χ2v) is 6.35. The summed E-state index contributed by atoms with van der Waals surface area (Å²) in [5.74, 6) is 1.80. The van der Waals surface area contributed by atoms with Gasteiger partial charge in [0.1, 0.15) is 0 Å². The second kappa shape index (κ2) is 9.80. The van der Waals surface area contributed by atoms with Crippen LogP contribution < -0.4 is 5.32 Å². The Morgan fingerprint density at radius 1 is 1.11 bits per heavy atom. The number of hydrogen-bond acceptors (Lipinski definition) is 2. The van der Waals surface area contributed by atoms with Gasteiger partial charge in [0.15, 0.2) is 0 Å². The van der Waals surface area contributed by atoms with Crippen LogP contribution in [0.2, 0.25) is 0 Å². The Morgan fingerprint density at radius 2 is 1.83 bits per heavy atom. The smallest absolute Gasteiger partial charge is 0.00161 e. The van der Waals surface area contributed by atoms with Gasteiger partial charge in [-0.1, -0.05) is 33.6 Å². The monoisotopic (exact) mass is 254 g/mol. The summed E-state index contributed by atoms with van der Waals surface area (Å²) in [5, 5.41) is 3.52. The normalized spacial score (nSPS) is 18.7. The van der Waals surface area contributed by atoms with E-state index < -0.39 is 0 Å². The molecule has 18 heavy (non-hydrogen) atoms. The average Bonchev–Trinajstić information content (AvgIpc) is 2.38. The first-order chi connectivity index (χ1) is 8.72. The van der Waals surface area contributed by atoms with Crippen LogP contribution in [-0.4, -0.2) is 37.6 Å². The zero-order valence-electron chi connectivity index (χ0n) is 12.9. The van der Waals surface area contributed by atoms with Crippen molar-refractivity contribution in [3.63, 3.8) is 0 Å². The lowest BCUT2D eigenvalue weighted by Gasteiger charge is -2.31. The minimum Gasteiger partial charge on any atom is -0.316 e. The molecule has 1 aliphatic rings. The van der Waals surface area contributed by atoms with E-state index in [1.165, 1.54) is 71.2 Å². The molecule has 0 saturated carbocycles. The molecule has 2 nitrogen and oxygen atoms in total. The van der Waals surface area contributed by atoms with Crippen molar-refractivity contribution in [1.29, 1.82) is 0 Å². The van der Waals surface area contributed by atoms with Crippen molar-refractivity contribution in [3.8, 4) is 0 Å². The molecule has 0 unspecified atom stereocenters. The lowest BCUT2D eigenvalue weighted by atomic mass is 9.94. The Kier molecular flexibility index (Phi) is 8.70. The van der Waals surface area contributed by atoms with Crippen molar-refractivity contribution in [3.05, 3.63) is 0 Å². The van der Waals surface area contributed by atoms with Crippen molar-refractivity contribution in [2.75, 3.05) is 32.7 Å². The van der Waals surface area contributed by atoms with Crippen molar-refractivity contribution in [1.82, 2.24) is 10.2 Å². The fourth-order valence-electron chi connectivity index (χ4n) is 2.77. The lowest BCUT2D eigenvalue weighted by molar-refractivity contribution is 0.179. The zero-order chi connectivity index (χ0) is 13.2. The largest absolute Gasteiger partial charge is 0.316 e. The summed E-state index contributed by atoms with van der Waals surface area (Å²) >= 11 is 0. The number of likely N-dealkylation sites (tertiary alicyclic amines) is 1. The van der Waals surface area contributed by atoms with Gasteiger partial charge in [-0.2, -0.15) is 0 Å². The fourth-order valence-corrected chi connectivity index (χ4v) is 2.77. The van der Waals surface area contributed by atoms with E-state index in [9.17, 15) is 0 Å². The Hall–Kier alpha value is -0.0800. The van der Waals surface area contributed by atoms with Gasteiger partial charge in [0.25, 0.3) is 0 Å². The summed E-state index contributed by atoms with van der Waals surface area (Å²) < 4.78 is 0. The third-order valence-corrected chi connectivity index (χ3v) is 4.16. The lowest BCUT2D eigenvalue weighted by Crippen LogP contribution is -2.34. The molecule has 2 heteroatoms. The van der Waals surface area contributed by atoms with Crippen molar-refractivity contribution < 1.29 is 0 Å². The molecule has 0 aromatic heterocycles. The maximum absolute atomic E-state index is 3.52. The highest BCUT2D eigenvalue weighted by molar-refractivity contribution is 4.71. The van der Waals surface area contributed by atoms with Gasteiger partial charge in [-0.3, -0.25) is 0 Å². The van der Waals surface area contributed by atoms with Crippen molar-refractivity contribution in [2.45, 2.75) is 59.3 Å². The van der Waals surface area contributed by atoms with Crippen LogP contribution in [0, 0.1) is 11.8 Å². The first kappa shape index (κ1) is 16.0. The fraction of sp³-hybridized carbons (Fsp3) is 1.00. The molecule has 1 heterocycles. The van der Waals surface area contributed by atoms with Crippen molar-refractivity contribution in [2.24, 2.45) is 11.8 Å². The first-order valence-electron chi connectivity index (χ1n) is 8.15. The molecule has 1 N–H and O–H groups in total. The molecule has 0 amide bonds. The van der Waals surface area contributed by atoms with Crippen molar-refractivity contribution >= 4 is 0 Å². The standard InChI is InChI=1S/C16H34N2/c1-4-16-8-12-18(13-9-16)11-7-5-6-10-17-14-15(2)3/h15-17H,4-14H2,1-3H3. The molecule has 1 fully saturated rings. The van der Waals surface area contributed by atoms with E-state index in [-0.39, 0.29) is 0 Å².